The van der Waals surface area contributed by atoms with Crippen molar-refractivity contribution in [2.45, 2.75) is 58.5 Å². The molecule has 0 radical (unpaired) electrons. The summed E-state index contributed by atoms with van der Waals surface area (Å²) in [7, 11) is 0. The van der Waals surface area contributed by atoms with Gasteiger partial charge in [0.15, 0.2) is 5.58 Å². The second kappa shape index (κ2) is 23.0. The molecule has 0 spiro atoms. The van der Waals surface area contributed by atoms with Crippen LogP contribution >= 0.6 is 11.3 Å². The number of β-amino-alcohol motifs (C(OH)–C–C–N with tert-alkyl or cyclic N) is 1. The molecule has 0 aliphatic carbocycles. The first kappa shape index (κ1) is 48.0. The number of rotatable bonds is 22. The number of fused-ring (bicyclic) bond motifs is 1. The van der Waals surface area contributed by atoms with E-state index in [0.29, 0.717) is 49.8 Å². The number of nitrogens with one attached hydrogen (secondary N) is 3. The van der Waals surface area contributed by atoms with Gasteiger partial charge in [-0.1, -0.05) is 45.0 Å². The molecule has 0 unspecified atom stereocenters. The Morgan fingerprint density at radius 2 is 1.67 bits per heavy atom. The molecule has 2 aromatic carbocycles. The fraction of sp³-hybridized carbons (Fsp3) is 0.478. The van der Waals surface area contributed by atoms with Crippen LogP contribution in [0, 0.1) is 5.41 Å². The Balaban J connectivity index is 0.735. The number of ether oxygens (including phenoxy) is 5. The lowest BCUT2D eigenvalue weighted by Crippen LogP contribution is -2.58. The quantitative estimate of drug-likeness (QED) is 0.0627. The van der Waals surface area contributed by atoms with Crippen LogP contribution in [0.5, 0.6) is 11.5 Å². The van der Waals surface area contributed by atoms with Crippen LogP contribution in [0.15, 0.2) is 70.7 Å². The molecule has 2 saturated heterocycles. The minimum absolute atomic E-state index is 0.0270. The molecule has 20 heteroatoms. The maximum Gasteiger partial charge on any atom is 0.298 e. The Kier molecular flexibility index (Phi) is 16.8. The Morgan fingerprint density at radius 1 is 0.939 bits per heavy atom. The molecule has 2 fully saturated rings. The highest BCUT2D eigenvalue weighted by atomic mass is 32.1. The molecule has 5 heterocycles. The van der Waals surface area contributed by atoms with Crippen LogP contribution in [0.2, 0.25) is 0 Å². The molecule has 0 bridgehead atoms. The van der Waals surface area contributed by atoms with E-state index < -0.39 is 41.3 Å². The van der Waals surface area contributed by atoms with Crippen molar-refractivity contribution < 1.29 is 47.6 Å². The first-order chi connectivity index (χ1) is 31.9. The van der Waals surface area contributed by atoms with Crippen molar-refractivity contribution >= 4 is 52.0 Å². The average Bonchev–Trinajstić information content (AvgIpc) is 4.06. The highest BCUT2D eigenvalue weighted by Gasteiger charge is 2.44. The molecular weight excluding hydrogens is 871 g/mol. The van der Waals surface area contributed by atoms with Gasteiger partial charge in [0.25, 0.3) is 6.01 Å². The van der Waals surface area contributed by atoms with Crippen LogP contribution in [-0.2, 0) is 41.7 Å². The van der Waals surface area contributed by atoms with Gasteiger partial charge in [-0.25, -0.2) is 4.98 Å². The highest BCUT2D eigenvalue weighted by molar-refractivity contribution is 7.13. The van der Waals surface area contributed by atoms with E-state index in [2.05, 4.69) is 35.8 Å². The lowest BCUT2D eigenvalue weighted by molar-refractivity contribution is -0.144. The molecular formula is C46H59N9O10S. The van der Waals surface area contributed by atoms with E-state index in [-0.39, 0.29) is 45.9 Å². The van der Waals surface area contributed by atoms with Crippen LogP contribution in [0.25, 0.3) is 21.5 Å². The maximum absolute atomic E-state index is 13.9. The zero-order valence-corrected chi connectivity index (χ0v) is 38.3. The normalized spacial score (nSPS) is 16.9. The zero-order chi connectivity index (χ0) is 46.5. The summed E-state index contributed by atoms with van der Waals surface area (Å²) in [6.45, 7) is 10.9. The molecule has 0 saturated carbocycles. The molecule has 6 N–H and O–H groups in total. The molecule has 3 atom stereocenters. The van der Waals surface area contributed by atoms with Gasteiger partial charge in [0.1, 0.15) is 54.7 Å². The number of nitrogens with zero attached hydrogens (tertiary/aromatic N) is 5. The summed E-state index contributed by atoms with van der Waals surface area (Å²) in [6.07, 6.45) is 0.847. The van der Waals surface area contributed by atoms with Gasteiger partial charge >= 0.3 is 0 Å². The number of nitrogen functional groups attached to an aromatic ring is 1. The lowest BCUT2D eigenvalue weighted by atomic mass is 9.85. The molecule has 7 rings (SSSR count). The van der Waals surface area contributed by atoms with Gasteiger partial charge in [-0.15, -0.1) is 11.3 Å². The standard InChI is InChI=1S/C46H59N9O10S/c1-46(2,3)41(44(59)55-26-33(56)22-37(55)43(58)50-24-30-4-6-31(7-5-30)40-42(47)51-29-66-40)53-39(57)28-62-19-18-60-16-17-61-20-21-63-35-9-8-32(49-25-35)27-64-34-10-11-38-36(23-34)52-45(65-38)54-14-12-48-13-15-54/h4-11,23,25,29,33,37,41,48,56H,12-22,24,26-28,47H2,1-3H3,(H,50,58)(H,53,57)/t33-,37+,41-/m1/s1. The van der Waals surface area contributed by atoms with E-state index in [1.165, 1.54) is 16.2 Å². The van der Waals surface area contributed by atoms with Gasteiger partial charge in [-0.3, -0.25) is 19.4 Å². The number of aliphatic hydroxyl groups excluding tert-OH is 1. The summed E-state index contributed by atoms with van der Waals surface area (Å²) in [5.74, 6) is 0.413. The third kappa shape index (κ3) is 13.4. The van der Waals surface area contributed by atoms with E-state index in [4.69, 9.17) is 33.8 Å². The third-order valence-electron chi connectivity index (χ3n) is 11.0. The van der Waals surface area contributed by atoms with Crippen LogP contribution in [0.4, 0.5) is 11.8 Å². The predicted molar refractivity (Wildman–Crippen MR) is 247 cm³/mol. The first-order valence-electron chi connectivity index (χ1n) is 22.0. The van der Waals surface area contributed by atoms with E-state index >= 15 is 0 Å². The van der Waals surface area contributed by atoms with E-state index in [1.807, 2.05) is 75.4 Å². The maximum atomic E-state index is 13.9. The second-order valence-corrected chi connectivity index (χ2v) is 17.9. The number of benzene rings is 2. The number of pyridine rings is 1. The minimum Gasteiger partial charge on any atom is -0.490 e. The molecule has 2 aliphatic heterocycles. The summed E-state index contributed by atoms with van der Waals surface area (Å²) in [5, 5.41) is 19.5. The minimum atomic E-state index is -0.973. The molecule has 3 amide bonds. The monoisotopic (exact) mass is 929 g/mol. The van der Waals surface area contributed by atoms with Crippen molar-refractivity contribution in [3.63, 3.8) is 0 Å². The number of oxazole rings is 1. The summed E-state index contributed by atoms with van der Waals surface area (Å²) in [6, 6.07) is 15.6. The Bertz CT molecular complexity index is 2350. The van der Waals surface area contributed by atoms with Gasteiger partial charge in [0.2, 0.25) is 17.7 Å². The molecule has 5 aromatic rings. The summed E-state index contributed by atoms with van der Waals surface area (Å²) in [5.41, 5.74) is 10.9. The van der Waals surface area contributed by atoms with Crippen molar-refractivity contribution in [2.24, 2.45) is 5.41 Å². The molecule has 19 nitrogen and oxygen atoms in total. The summed E-state index contributed by atoms with van der Waals surface area (Å²) < 4.78 is 34.3. The predicted octanol–water partition coefficient (Wildman–Crippen LogP) is 3.15. The fourth-order valence-electron chi connectivity index (χ4n) is 7.41. The second-order valence-electron chi connectivity index (χ2n) is 17.0. The smallest absolute Gasteiger partial charge is 0.298 e. The van der Waals surface area contributed by atoms with Gasteiger partial charge in [-0.05, 0) is 40.8 Å². The number of carbonyl (C=O) groups excluding carboxylic acids is 3. The topological polar surface area (TPSA) is 238 Å². The van der Waals surface area contributed by atoms with Crippen LogP contribution in [0.1, 0.15) is 38.4 Å². The Labute approximate surface area is 387 Å². The number of likely N-dealkylation sites (tertiary alicyclic amines) is 1. The SMILES string of the molecule is CC(C)(C)[C@H](NC(=O)COCCOCCOCCOc1ccc(COc2ccc3oc(N4CCNCC4)nc3c2)nc1)C(=O)N1C[C@H](O)C[C@H]1C(=O)NCc1ccc(-c2scnc2N)cc1. The number of hydrogen-bond acceptors (Lipinski definition) is 17. The molecule has 66 heavy (non-hydrogen) atoms. The number of amides is 3. The van der Waals surface area contributed by atoms with Gasteiger partial charge < -0.3 is 64.7 Å². The van der Waals surface area contributed by atoms with Gasteiger partial charge in [-0.2, -0.15) is 4.98 Å². The number of aromatic nitrogens is 3. The Hall–Kier alpha value is -5.90. The van der Waals surface area contributed by atoms with Gasteiger partial charge in [0, 0.05) is 51.8 Å². The third-order valence-corrected chi connectivity index (χ3v) is 11.8. The molecule has 3 aromatic heterocycles. The van der Waals surface area contributed by atoms with Crippen molar-refractivity contribution in [2.75, 3.05) is 89.6 Å². The van der Waals surface area contributed by atoms with Crippen LogP contribution in [-0.4, -0.2) is 140 Å². The number of aliphatic hydroxyl groups is 1. The number of thiazole rings is 1. The molecule has 2 aliphatic rings. The number of nitrogens with two attached hydrogens (primary N) is 1. The van der Waals surface area contributed by atoms with E-state index in [0.717, 1.165) is 59.0 Å². The lowest BCUT2D eigenvalue weighted by Gasteiger charge is -2.35. The number of piperazine rings is 1. The van der Waals surface area contributed by atoms with Crippen LogP contribution in [0.3, 0.4) is 0 Å². The number of anilines is 2. The number of hydrogen-bond donors (Lipinski definition) is 5. The highest BCUT2D eigenvalue weighted by Crippen LogP contribution is 2.30. The Morgan fingerprint density at radius 3 is 2.36 bits per heavy atom. The summed E-state index contributed by atoms with van der Waals surface area (Å²) >= 11 is 1.45. The first-order valence-corrected chi connectivity index (χ1v) is 22.9. The van der Waals surface area contributed by atoms with E-state index in [1.54, 1.807) is 11.7 Å². The average molecular weight is 930 g/mol. The zero-order valence-electron chi connectivity index (χ0n) is 37.5. The largest absolute Gasteiger partial charge is 0.490 e. The fourth-order valence-corrected chi connectivity index (χ4v) is 8.13. The summed E-state index contributed by atoms with van der Waals surface area (Å²) in [4.78, 5) is 57.8. The molecule has 354 valence electrons. The number of carbonyl (C=O) groups is 3. The van der Waals surface area contributed by atoms with Crippen molar-refractivity contribution in [1.29, 1.82) is 0 Å². The van der Waals surface area contributed by atoms with E-state index in [9.17, 15) is 19.5 Å². The van der Waals surface area contributed by atoms with Crippen LogP contribution < -0.4 is 36.1 Å². The van der Waals surface area contributed by atoms with Crippen molar-refractivity contribution in [1.82, 2.24) is 35.8 Å². The van der Waals surface area contributed by atoms with Crippen molar-refractivity contribution in [3.8, 4) is 21.9 Å². The van der Waals surface area contributed by atoms with Gasteiger partial charge in [0.05, 0.1) is 61.4 Å². The van der Waals surface area contributed by atoms with Crippen molar-refractivity contribution in [3.05, 3.63) is 77.6 Å².